The van der Waals surface area contributed by atoms with Crippen molar-refractivity contribution in [2.24, 2.45) is 0 Å². The summed E-state index contributed by atoms with van der Waals surface area (Å²) in [5.41, 5.74) is 1.59. The van der Waals surface area contributed by atoms with E-state index in [1.54, 1.807) is 30.3 Å². The van der Waals surface area contributed by atoms with Crippen molar-refractivity contribution in [2.45, 2.75) is 35.9 Å². The molecular formula is C25H27N3O3S. The zero-order valence-corrected chi connectivity index (χ0v) is 18.5. The first kappa shape index (κ1) is 22.2. The van der Waals surface area contributed by atoms with E-state index in [2.05, 4.69) is 15.4 Å². The molecule has 1 fully saturated rings. The Morgan fingerprint density at radius 1 is 0.812 bits per heavy atom. The molecule has 1 saturated heterocycles. The molecule has 0 unspecified atom stereocenters. The first-order valence-electron chi connectivity index (χ1n) is 10.8. The summed E-state index contributed by atoms with van der Waals surface area (Å²) in [6, 6.07) is 25.5. The minimum atomic E-state index is -3.83. The summed E-state index contributed by atoms with van der Waals surface area (Å²) in [6.45, 7) is 0.802. The van der Waals surface area contributed by atoms with Crippen molar-refractivity contribution in [3.63, 3.8) is 0 Å². The van der Waals surface area contributed by atoms with Crippen LogP contribution in [0.15, 0.2) is 95.9 Å². The van der Waals surface area contributed by atoms with Crippen LogP contribution in [-0.4, -0.2) is 26.9 Å². The highest BCUT2D eigenvalue weighted by atomic mass is 32.2. The average Bonchev–Trinajstić information content (AvgIpc) is 3.38. The highest BCUT2D eigenvalue weighted by Gasteiger charge is 2.33. The van der Waals surface area contributed by atoms with Crippen molar-refractivity contribution in [1.29, 1.82) is 0 Å². The van der Waals surface area contributed by atoms with Gasteiger partial charge in [0.05, 0.1) is 23.0 Å². The fraction of sp³-hybridized carbons (Fsp3) is 0.240. The zero-order valence-electron chi connectivity index (χ0n) is 17.6. The smallest absolute Gasteiger partial charge is 0.241 e. The number of rotatable bonds is 8. The maximum atomic E-state index is 13.3. The number of benzene rings is 3. The van der Waals surface area contributed by atoms with Crippen molar-refractivity contribution >= 4 is 15.9 Å². The third-order valence-corrected chi connectivity index (χ3v) is 7.12. The lowest BCUT2D eigenvalue weighted by Gasteiger charge is -2.30. The molecule has 1 amide bonds. The third kappa shape index (κ3) is 5.24. The van der Waals surface area contributed by atoms with Gasteiger partial charge in [0.2, 0.25) is 15.9 Å². The van der Waals surface area contributed by atoms with Crippen LogP contribution in [0.4, 0.5) is 0 Å². The van der Waals surface area contributed by atoms with E-state index in [9.17, 15) is 13.2 Å². The van der Waals surface area contributed by atoms with Gasteiger partial charge in [-0.05, 0) is 42.6 Å². The van der Waals surface area contributed by atoms with Gasteiger partial charge in [-0.15, -0.1) is 0 Å². The summed E-state index contributed by atoms with van der Waals surface area (Å²) < 4.78 is 29.4. The van der Waals surface area contributed by atoms with Crippen LogP contribution < -0.4 is 15.4 Å². The van der Waals surface area contributed by atoms with Crippen LogP contribution in [0.1, 0.15) is 36.1 Å². The number of nitrogens with one attached hydrogen (secondary N) is 3. The molecular weight excluding hydrogens is 422 g/mol. The SMILES string of the molecule is O=C(N[C@@H](c1ccccc1)[C@@H](NS(=O)(=O)c1ccccc1)c1ccccc1)[C@@H]1CCCN1. The van der Waals surface area contributed by atoms with Crippen LogP contribution in [0, 0.1) is 0 Å². The fourth-order valence-electron chi connectivity index (χ4n) is 4.01. The quantitative estimate of drug-likeness (QED) is 0.492. The molecule has 3 aromatic carbocycles. The highest BCUT2D eigenvalue weighted by molar-refractivity contribution is 7.89. The van der Waals surface area contributed by atoms with E-state index in [4.69, 9.17) is 0 Å². The van der Waals surface area contributed by atoms with Crippen molar-refractivity contribution in [3.05, 3.63) is 102 Å². The summed E-state index contributed by atoms with van der Waals surface area (Å²) in [7, 11) is -3.83. The fourth-order valence-corrected chi connectivity index (χ4v) is 5.26. The average molecular weight is 450 g/mol. The first-order valence-corrected chi connectivity index (χ1v) is 12.2. The lowest BCUT2D eigenvalue weighted by molar-refractivity contribution is -0.123. The summed E-state index contributed by atoms with van der Waals surface area (Å²) >= 11 is 0. The Morgan fingerprint density at radius 3 is 1.88 bits per heavy atom. The van der Waals surface area contributed by atoms with Crippen molar-refractivity contribution in [3.8, 4) is 0 Å². The van der Waals surface area contributed by atoms with Crippen LogP contribution in [-0.2, 0) is 14.8 Å². The number of sulfonamides is 1. The summed E-state index contributed by atoms with van der Waals surface area (Å²) in [6.07, 6.45) is 1.70. The number of hydrogen-bond donors (Lipinski definition) is 3. The van der Waals surface area contributed by atoms with E-state index in [0.717, 1.165) is 30.5 Å². The number of hydrogen-bond acceptors (Lipinski definition) is 4. The molecule has 1 aliphatic heterocycles. The van der Waals surface area contributed by atoms with Gasteiger partial charge in [0.15, 0.2) is 0 Å². The van der Waals surface area contributed by atoms with Gasteiger partial charge in [0.25, 0.3) is 0 Å². The van der Waals surface area contributed by atoms with Gasteiger partial charge < -0.3 is 10.6 Å². The van der Waals surface area contributed by atoms with Gasteiger partial charge in [0.1, 0.15) is 0 Å². The predicted molar refractivity (Wildman–Crippen MR) is 124 cm³/mol. The third-order valence-electron chi connectivity index (χ3n) is 5.66. The van der Waals surface area contributed by atoms with Gasteiger partial charge >= 0.3 is 0 Å². The summed E-state index contributed by atoms with van der Waals surface area (Å²) in [5.74, 6) is -0.129. The highest BCUT2D eigenvalue weighted by Crippen LogP contribution is 2.31. The van der Waals surface area contributed by atoms with Crippen molar-refractivity contribution < 1.29 is 13.2 Å². The molecule has 0 aliphatic carbocycles. The maximum Gasteiger partial charge on any atom is 0.241 e. The molecule has 1 aliphatic rings. The van der Waals surface area contributed by atoms with Gasteiger partial charge in [-0.1, -0.05) is 78.9 Å². The van der Waals surface area contributed by atoms with Gasteiger partial charge in [-0.3, -0.25) is 4.79 Å². The Kier molecular flexibility index (Phi) is 6.99. The second-order valence-corrected chi connectivity index (χ2v) is 9.58. The molecule has 0 spiro atoms. The van der Waals surface area contributed by atoms with Crippen LogP contribution in [0.3, 0.4) is 0 Å². The minimum Gasteiger partial charge on any atom is -0.346 e. The minimum absolute atomic E-state index is 0.129. The van der Waals surface area contributed by atoms with E-state index >= 15 is 0 Å². The van der Waals surface area contributed by atoms with Gasteiger partial charge in [0, 0.05) is 0 Å². The Morgan fingerprint density at radius 2 is 1.34 bits per heavy atom. The predicted octanol–water partition coefficient (Wildman–Crippen LogP) is 3.32. The second-order valence-electron chi connectivity index (χ2n) is 7.87. The normalized spacial score (nSPS) is 18.1. The largest absolute Gasteiger partial charge is 0.346 e. The lowest BCUT2D eigenvalue weighted by atomic mass is 9.93. The van der Waals surface area contributed by atoms with E-state index in [1.165, 1.54) is 0 Å². The molecule has 0 saturated carbocycles. The molecule has 1 heterocycles. The monoisotopic (exact) mass is 449 g/mol. The van der Waals surface area contributed by atoms with Crippen LogP contribution in [0.5, 0.6) is 0 Å². The molecule has 0 bridgehead atoms. The molecule has 4 rings (SSSR count). The van der Waals surface area contributed by atoms with E-state index in [-0.39, 0.29) is 16.8 Å². The molecule has 3 atom stereocenters. The molecule has 7 heteroatoms. The van der Waals surface area contributed by atoms with Gasteiger partial charge in [-0.25, -0.2) is 13.1 Å². The second kappa shape index (κ2) is 10.1. The maximum absolute atomic E-state index is 13.3. The Labute approximate surface area is 189 Å². The van der Waals surface area contributed by atoms with Crippen molar-refractivity contribution in [2.75, 3.05) is 6.54 Å². The van der Waals surface area contributed by atoms with E-state index in [0.29, 0.717) is 0 Å². The van der Waals surface area contributed by atoms with E-state index in [1.807, 2.05) is 60.7 Å². The van der Waals surface area contributed by atoms with Crippen LogP contribution in [0.25, 0.3) is 0 Å². The molecule has 0 aromatic heterocycles. The van der Waals surface area contributed by atoms with Gasteiger partial charge in [-0.2, -0.15) is 0 Å². The van der Waals surface area contributed by atoms with Crippen molar-refractivity contribution in [1.82, 2.24) is 15.4 Å². The number of amides is 1. The summed E-state index contributed by atoms with van der Waals surface area (Å²) in [5, 5.41) is 6.33. The Bertz CT molecular complexity index is 1120. The molecule has 3 N–H and O–H groups in total. The number of carbonyl (C=O) groups excluding carboxylic acids is 1. The van der Waals surface area contributed by atoms with Crippen LogP contribution >= 0.6 is 0 Å². The first-order chi connectivity index (χ1) is 15.5. The standard InChI is InChI=1S/C25H27N3O3S/c29-25(22-17-10-18-26-22)27-23(19-11-4-1-5-12-19)24(20-13-6-2-7-14-20)28-32(30,31)21-15-8-3-9-16-21/h1-9,11-16,22-24,26,28H,10,17-18H2,(H,27,29)/t22-,23-,24-/m0/s1. The zero-order chi connectivity index (χ0) is 22.4. The lowest BCUT2D eigenvalue weighted by Crippen LogP contribution is -2.46. The Hall–Kier alpha value is -3.00. The van der Waals surface area contributed by atoms with E-state index < -0.39 is 22.1 Å². The summed E-state index contributed by atoms with van der Waals surface area (Å²) in [4.78, 5) is 13.2. The van der Waals surface area contributed by atoms with Crippen LogP contribution in [0.2, 0.25) is 0 Å². The number of carbonyl (C=O) groups is 1. The molecule has 0 radical (unpaired) electrons. The Balaban J connectivity index is 1.73. The molecule has 3 aromatic rings. The molecule has 32 heavy (non-hydrogen) atoms. The topological polar surface area (TPSA) is 87.3 Å². The molecule has 166 valence electrons. The molecule has 6 nitrogen and oxygen atoms in total.